The molecule has 2 nitrogen and oxygen atoms in total. The van der Waals surface area contributed by atoms with E-state index in [-0.39, 0.29) is 6.10 Å². The number of hydrogen-bond acceptors (Lipinski definition) is 2. The Balaban J connectivity index is 1.90. The fourth-order valence-corrected chi connectivity index (χ4v) is 2.50. The van der Waals surface area contributed by atoms with Crippen molar-refractivity contribution < 1.29 is 4.74 Å². The number of benzene rings is 1. The number of nitrogens with one attached hydrogen (secondary N) is 1. The maximum absolute atomic E-state index is 5.91. The van der Waals surface area contributed by atoms with Crippen LogP contribution in [0.2, 0.25) is 0 Å². The Hall–Kier alpha value is -0.540. The van der Waals surface area contributed by atoms with E-state index in [0.717, 1.165) is 35.7 Å². The van der Waals surface area contributed by atoms with E-state index in [2.05, 4.69) is 53.3 Å². The first-order chi connectivity index (χ1) is 8.69. The second-order valence-electron chi connectivity index (χ2n) is 5.14. The molecular weight excluding hydrogens is 290 g/mol. The maximum atomic E-state index is 5.91. The molecule has 0 aromatic heterocycles. The Morgan fingerprint density at radius 2 is 2.22 bits per heavy atom. The summed E-state index contributed by atoms with van der Waals surface area (Å²) in [6.45, 7) is 5.26. The minimum absolute atomic E-state index is 0.279. The number of ether oxygens (including phenoxy) is 1. The lowest BCUT2D eigenvalue weighted by Gasteiger charge is -2.15. The Morgan fingerprint density at radius 3 is 2.83 bits per heavy atom. The second-order valence-corrected chi connectivity index (χ2v) is 5.99. The average Bonchev–Trinajstić information content (AvgIpc) is 3.14. The molecule has 0 amide bonds. The molecule has 1 aromatic rings. The van der Waals surface area contributed by atoms with Crippen molar-refractivity contribution in [2.24, 2.45) is 0 Å². The van der Waals surface area contributed by atoms with E-state index >= 15 is 0 Å². The molecule has 18 heavy (non-hydrogen) atoms. The molecule has 100 valence electrons. The van der Waals surface area contributed by atoms with E-state index in [4.69, 9.17) is 4.74 Å². The third kappa shape index (κ3) is 4.29. The highest BCUT2D eigenvalue weighted by atomic mass is 79.9. The molecular formula is C15H22BrNO. The molecule has 1 saturated carbocycles. The smallest absolute Gasteiger partial charge is 0.133 e. The van der Waals surface area contributed by atoms with E-state index in [1.165, 1.54) is 18.4 Å². The van der Waals surface area contributed by atoms with Crippen molar-refractivity contribution >= 4 is 15.9 Å². The lowest BCUT2D eigenvalue weighted by Crippen LogP contribution is -2.15. The molecule has 0 spiro atoms. The standard InChI is InChI=1S/C15H22BrNO/c1-3-4-11(2)18-15-8-5-12(9-14(15)16)10-17-13-6-7-13/h5,8-9,11,13,17H,3-4,6-7,10H2,1-2H3. The molecule has 0 radical (unpaired) electrons. The lowest BCUT2D eigenvalue weighted by atomic mass is 10.2. The summed E-state index contributed by atoms with van der Waals surface area (Å²) >= 11 is 3.60. The van der Waals surface area contributed by atoms with Crippen LogP contribution in [0.1, 0.15) is 45.1 Å². The fraction of sp³-hybridized carbons (Fsp3) is 0.600. The van der Waals surface area contributed by atoms with Crippen molar-refractivity contribution in [3.05, 3.63) is 28.2 Å². The van der Waals surface area contributed by atoms with Crippen LogP contribution in [0, 0.1) is 0 Å². The highest BCUT2D eigenvalue weighted by molar-refractivity contribution is 9.10. The van der Waals surface area contributed by atoms with Crippen LogP contribution in [0.5, 0.6) is 5.75 Å². The van der Waals surface area contributed by atoms with Gasteiger partial charge in [-0.2, -0.15) is 0 Å². The van der Waals surface area contributed by atoms with Crippen LogP contribution in [0.3, 0.4) is 0 Å². The summed E-state index contributed by atoms with van der Waals surface area (Å²) < 4.78 is 6.97. The van der Waals surface area contributed by atoms with Gasteiger partial charge in [0.15, 0.2) is 0 Å². The van der Waals surface area contributed by atoms with Crippen LogP contribution >= 0.6 is 15.9 Å². The van der Waals surface area contributed by atoms with Gasteiger partial charge in [-0.15, -0.1) is 0 Å². The molecule has 3 heteroatoms. The van der Waals surface area contributed by atoms with E-state index < -0.39 is 0 Å². The van der Waals surface area contributed by atoms with Crippen molar-refractivity contribution in [3.63, 3.8) is 0 Å². The summed E-state index contributed by atoms with van der Waals surface area (Å²) in [5.74, 6) is 0.950. The van der Waals surface area contributed by atoms with Gasteiger partial charge in [-0.1, -0.05) is 19.4 Å². The minimum Gasteiger partial charge on any atom is -0.490 e. The first-order valence-electron chi connectivity index (χ1n) is 6.87. The van der Waals surface area contributed by atoms with Crippen LogP contribution in [0.4, 0.5) is 0 Å². The Labute approximate surface area is 118 Å². The summed E-state index contributed by atoms with van der Waals surface area (Å²) in [6, 6.07) is 7.13. The monoisotopic (exact) mass is 311 g/mol. The third-order valence-electron chi connectivity index (χ3n) is 3.19. The van der Waals surface area contributed by atoms with Crippen LogP contribution < -0.4 is 10.1 Å². The normalized spacial score (nSPS) is 16.6. The van der Waals surface area contributed by atoms with Crippen molar-refractivity contribution in [3.8, 4) is 5.75 Å². The summed E-state index contributed by atoms with van der Waals surface area (Å²) in [5, 5.41) is 3.52. The molecule has 0 aliphatic heterocycles. The molecule has 2 rings (SSSR count). The van der Waals surface area contributed by atoms with E-state index in [9.17, 15) is 0 Å². The summed E-state index contributed by atoms with van der Waals surface area (Å²) in [4.78, 5) is 0. The minimum atomic E-state index is 0.279. The second kappa shape index (κ2) is 6.58. The topological polar surface area (TPSA) is 21.3 Å². The van der Waals surface area contributed by atoms with Gasteiger partial charge in [-0.25, -0.2) is 0 Å². The third-order valence-corrected chi connectivity index (χ3v) is 3.81. The van der Waals surface area contributed by atoms with E-state index in [1.54, 1.807) is 0 Å². The van der Waals surface area contributed by atoms with Gasteiger partial charge in [0.1, 0.15) is 5.75 Å². The Morgan fingerprint density at radius 1 is 1.44 bits per heavy atom. The van der Waals surface area contributed by atoms with Gasteiger partial charge >= 0.3 is 0 Å². The molecule has 1 N–H and O–H groups in total. The highest BCUT2D eigenvalue weighted by Crippen LogP contribution is 2.28. The van der Waals surface area contributed by atoms with Crippen LogP contribution in [0.25, 0.3) is 0 Å². The predicted molar refractivity (Wildman–Crippen MR) is 79.0 cm³/mol. The van der Waals surface area contributed by atoms with Gasteiger partial charge in [-0.3, -0.25) is 0 Å². The number of halogens is 1. The molecule has 1 aliphatic rings. The molecule has 1 aromatic carbocycles. The van der Waals surface area contributed by atoms with Gasteiger partial charge in [0.2, 0.25) is 0 Å². The molecule has 0 saturated heterocycles. The average molecular weight is 312 g/mol. The largest absolute Gasteiger partial charge is 0.490 e. The number of hydrogen-bond donors (Lipinski definition) is 1. The first kappa shape index (κ1) is 13.9. The Bertz CT molecular complexity index is 390. The van der Waals surface area contributed by atoms with Crippen LogP contribution in [-0.2, 0) is 6.54 Å². The maximum Gasteiger partial charge on any atom is 0.133 e. The summed E-state index contributed by atoms with van der Waals surface area (Å²) in [5.41, 5.74) is 1.31. The van der Waals surface area contributed by atoms with Gasteiger partial charge in [0.05, 0.1) is 10.6 Å². The summed E-state index contributed by atoms with van der Waals surface area (Å²) in [6.07, 6.45) is 5.19. The molecule has 1 atom stereocenters. The van der Waals surface area contributed by atoms with Crippen molar-refractivity contribution in [2.75, 3.05) is 0 Å². The molecule has 1 aliphatic carbocycles. The zero-order valence-electron chi connectivity index (χ0n) is 11.2. The SMILES string of the molecule is CCCC(C)Oc1ccc(CNC2CC2)cc1Br. The zero-order chi connectivity index (χ0) is 13.0. The van der Waals surface area contributed by atoms with Gasteiger partial charge in [-0.05, 0) is 59.8 Å². The quantitative estimate of drug-likeness (QED) is 0.812. The molecule has 0 heterocycles. The Kier molecular flexibility index (Phi) is 5.07. The van der Waals surface area contributed by atoms with E-state index in [1.807, 2.05) is 0 Å². The molecule has 1 fully saturated rings. The summed E-state index contributed by atoms with van der Waals surface area (Å²) in [7, 11) is 0. The van der Waals surface area contributed by atoms with E-state index in [0.29, 0.717) is 0 Å². The van der Waals surface area contributed by atoms with Gasteiger partial charge in [0.25, 0.3) is 0 Å². The molecule has 1 unspecified atom stereocenters. The van der Waals surface area contributed by atoms with Crippen LogP contribution in [-0.4, -0.2) is 12.1 Å². The van der Waals surface area contributed by atoms with Gasteiger partial charge in [0, 0.05) is 12.6 Å². The lowest BCUT2D eigenvalue weighted by molar-refractivity contribution is 0.208. The molecule has 0 bridgehead atoms. The highest BCUT2D eigenvalue weighted by Gasteiger charge is 2.20. The first-order valence-corrected chi connectivity index (χ1v) is 7.66. The fourth-order valence-electron chi connectivity index (χ4n) is 1.98. The number of rotatable bonds is 7. The zero-order valence-corrected chi connectivity index (χ0v) is 12.8. The van der Waals surface area contributed by atoms with Crippen LogP contribution in [0.15, 0.2) is 22.7 Å². The van der Waals surface area contributed by atoms with Crippen molar-refractivity contribution in [1.29, 1.82) is 0 Å². The predicted octanol–water partition coefficient (Wildman–Crippen LogP) is 4.27. The van der Waals surface area contributed by atoms with Gasteiger partial charge < -0.3 is 10.1 Å². The van der Waals surface area contributed by atoms with Crippen molar-refractivity contribution in [1.82, 2.24) is 5.32 Å². The van der Waals surface area contributed by atoms with Crippen molar-refractivity contribution in [2.45, 2.75) is 58.2 Å².